The van der Waals surface area contributed by atoms with Crippen LogP contribution in [0.1, 0.15) is 5.76 Å². The first kappa shape index (κ1) is 10.1. The smallest absolute Gasteiger partial charge is 0.181 e. The molecule has 0 bridgehead atoms. The molecule has 14 heavy (non-hydrogen) atoms. The van der Waals surface area contributed by atoms with Gasteiger partial charge in [-0.05, 0) is 28.1 Å². The van der Waals surface area contributed by atoms with Gasteiger partial charge in [0.15, 0.2) is 9.80 Å². The zero-order chi connectivity index (χ0) is 9.97. The number of aromatic nitrogens is 1. The molecular formula is C8H7BrN2OS2. The van der Waals surface area contributed by atoms with Gasteiger partial charge in [-0.25, -0.2) is 4.98 Å². The average molecular weight is 291 g/mol. The fourth-order valence-corrected chi connectivity index (χ4v) is 2.90. The van der Waals surface area contributed by atoms with E-state index in [1.165, 1.54) is 11.3 Å². The predicted octanol–water partition coefficient (Wildman–Crippen LogP) is 3.37. The molecule has 0 atom stereocenters. The Hall–Kier alpha value is -0.460. The molecule has 2 aromatic heterocycles. The van der Waals surface area contributed by atoms with E-state index in [2.05, 4.69) is 20.9 Å². The number of hydrogen-bond acceptors (Lipinski definition) is 5. The first-order valence-electron chi connectivity index (χ1n) is 3.82. The second-order valence-corrected chi connectivity index (χ2v) is 5.63. The van der Waals surface area contributed by atoms with E-state index in [1.54, 1.807) is 18.0 Å². The minimum atomic E-state index is 0.605. The number of furan rings is 1. The van der Waals surface area contributed by atoms with Gasteiger partial charge in [-0.3, -0.25) is 0 Å². The highest BCUT2D eigenvalue weighted by atomic mass is 79.9. The Bertz CT molecular complexity index is 386. The molecule has 0 radical (unpaired) electrons. The first-order chi connectivity index (χ1) is 6.74. The number of nitrogen functional groups attached to an aromatic ring is 1. The minimum Gasteiger partial charge on any atom is -0.453 e. The van der Waals surface area contributed by atoms with Crippen molar-refractivity contribution in [2.45, 2.75) is 9.96 Å². The Morgan fingerprint density at radius 2 is 2.43 bits per heavy atom. The molecule has 74 valence electrons. The van der Waals surface area contributed by atoms with Crippen LogP contribution < -0.4 is 5.73 Å². The van der Waals surface area contributed by atoms with E-state index < -0.39 is 0 Å². The fourth-order valence-electron chi connectivity index (χ4n) is 0.910. The SMILES string of the molecule is Nc1ncc(SCc2ccc(Br)o2)s1. The van der Waals surface area contributed by atoms with Gasteiger partial charge in [0.05, 0.1) is 16.2 Å². The van der Waals surface area contributed by atoms with Crippen LogP contribution in [0.4, 0.5) is 5.13 Å². The third-order valence-electron chi connectivity index (χ3n) is 1.49. The van der Waals surface area contributed by atoms with Crippen molar-refractivity contribution in [1.82, 2.24) is 4.98 Å². The van der Waals surface area contributed by atoms with Gasteiger partial charge < -0.3 is 10.2 Å². The summed E-state index contributed by atoms with van der Waals surface area (Å²) in [6, 6.07) is 3.83. The Morgan fingerprint density at radius 3 is 3.00 bits per heavy atom. The lowest BCUT2D eigenvalue weighted by Crippen LogP contribution is -1.77. The Morgan fingerprint density at radius 1 is 1.57 bits per heavy atom. The normalized spacial score (nSPS) is 10.6. The summed E-state index contributed by atoms with van der Waals surface area (Å²) in [5.41, 5.74) is 5.51. The van der Waals surface area contributed by atoms with Crippen molar-refractivity contribution in [2.75, 3.05) is 5.73 Å². The fraction of sp³-hybridized carbons (Fsp3) is 0.125. The van der Waals surface area contributed by atoms with E-state index in [-0.39, 0.29) is 0 Å². The second kappa shape index (κ2) is 4.37. The zero-order valence-electron chi connectivity index (χ0n) is 7.07. The highest BCUT2D eigenvalue weighted by Crippen LogP contribution is 2.30. The number of hydrogen-bond donors (Lipinski definition) is 1. The molecule has 0 saturated heterocycles. The Kier molecular flexibility index (Phi) is 3.15. The van der Waals surface area contributed by atoms with Gasteiger partial charge in [-0.1, -0.05) is 11.3 Å². The molecule has 2 rings (SSSR count). The summed E-state index contributed by atoms with van der Waals surface area (Å²) in [7, 11) is 0. The van der Waals surface area contributed by atoms with Crippen LogP contribution in [-0.4, -0.2) is 4.98 Å². The molecule has 2 aromatic rings. The van der Waals surface area contributed by atoms with E-state index >= 15 is 0 Å². The number of thiazole rings is 1. The summed E-state index contributed by atoms with van der Waals surface area (Å²) >= 11 is 6.42. The molecule has 0 unspecified atom stereocenters. The summed E-state index contributed by atoms with van der Waals surface area (Å²) in [5.74, 6) is 1.74. The quantitative estimate of drug-likeness (QED) is 0.881. The van der Waals surface area contributed by atoms with Gasteiger partial charge in [0.25, 0.3) is 0 Å². The third kappa shape index (κ3) is 2.52. The maximum atomic E-state index is 5.51. The van der Waals surface area contributed by atoms with Crippen LogP contribution >= 0.6 is 39.0 Å². The van der Waals surface area contributed by atoms with Gasteiger partial charge in [-0.2, -0.15) is 0 Å². The molecule has 0 aliphatic carbocycles. The van der Waals surface area contributed by atoms with Gasteiger partial charge in [-0.15, -0.1) is 11.8 Å². The van der Waals surface area contributed by atoms with Crippen molar-refractivity contribution in [2.24, 2.45) is 0 Å². The molecule has 0 amide bonds. The summed E-state index contributed by atoms with van der Waals surface area (Å²) in [4.78, 5) is 3.97. The molecule has 3 nitrogen and oxygen atoms in total. The van der Waals surface area contributed by atoms with Gasteiger partial charge in [0, 0.05) is 0 Å². The lowest BCUT2D eigenvalue weighted by molar-refractivity contribution is 0.507. The standard InChI is InChI=1S/C8H7BrN2OS2/c9-6-2-1-5(12-6)4-13-7-3-11-8(10)14-7/h1-3H,4H2,(H2,10,11). The van der Waals surface area contributed by atoms with Crippen molar-refractivity contribution in [3.8, 4) is 0 Å². The average Bonchev–Trinajstić information content (AvgIpc) is 2.72. The molecule has 0 spiro atoms. The van der Waals surface area contributed by atoms with Crippen molar-refractivity contribution < 1.29 is 4.42 Å². The van der Waals surface area contributed by atoms with E-state index in [9.17, 15) is 0 Å². The predicted molar refractivity (Wildman–Crippen MR) is 62.5 cm³/mol. The molecule has 0 aliphatic heterocycles. The molecule has 2 N–H and O–H groups in total. The lowest BCUT2D eigenvalue weighted by atomic mass is 10.5. The van der Waals surface area contributed by atoms with E-state index in [1.807, 2.05) is 12.1 Å². The number of rotatable bonds is 3. The van der Waals surface area contributed by atoms with Crippen molar-refractivity contribution >= 4 is 44.2 Å². The van der Waals surface area contributed by atoms with E-state index in [0.717, 1.165) is 20.4 Å². The Labute approximate surface area is 97.8 Å². The van der Waals surface area contributed by atoms with Crippen LogP contribution in [0.5, 0.6) is 0 Å². The van der Waals surface area contributed by atoms with Crippen LogP contribution in [0.2, 0.25) is 0 Å². The molecule has 0 saturated carbocycles. The van der Waals surface area contributed by atoms with Crippen LogP contribution in [0, 0.1) is 0 Å². The number of nitrogens with zero attached hydrogens (tertiary/aromatic N) is 1. The van der Waals surface area contributed by atoms with Crippen LogP contribution in [0.25, 0.3) is 0 Å². The number of anilines is 1. The van der Waals surface area contributed by atoms with Crippen LogP contribution in [0.3, 0.4) is 0 Å². The van der Waals surface area contributed by atoms with Crippen LogP contribution in [-0.2, 0) is 5.75 Å². The molecule has 0 fully saturated rings. The highest BCUT2D eigenvalue weighted by molar-refractivity contribution is 9.10. The molecular weight excluding hydrogens is 284 g/mol. The second-order valence-electron chi connectivity index (χ2n) is 2.51. The highest BCUT2D eigenvalue weighted by Gasteiger charge is 2.03. The largest absolute Gasteiger partial charge is 0.453 e. The van der Waals surface area contributed by atoms with Gasteiger partial charge >= 0.3 is 0 Å². The van der Waals surface area contributed by atoms with E-state index in [4.69, 9.17) is 10.2 Å². The zero-order valence-corrected chi connectivity index (χ0v) is 10.3. The lowest BCUT2D eigenvalue weighted by Gasteiger charge is -1.92. The maximum Gasteiger partial charge on any atom is 0.181 e. The summed E-state index contributed by atoms with van der Waals surface area (Å²) < 4.78 is 7.23. The van der Waals surface area contributed by atoms with Crippen molar-refractivity contribution in [1.29, 1.82) is 0 Å². The minimum absolute atomic E-state index is 0.605. The molecule has 6 heteroatoms. The maximum absolute atomic E-state index is 5.51. The summed E-state index contributed by atoms with van der Waals surface area (Å²) in [6.07, 6.45) is 1.78. The Balaban J connectivity index is 1.94. The summed E-state index contributed by atoms with van der Waals surface area (Å²) in [6.45, 7) is 0. The molecule has 0 aliphatic rings. The molecule has 2 heterocycles. The van der Waals surface area contributed by atoms with Gasteiger partial charge in [0.1, 0.15) is 5.76 Å². The topological polar surface area (TPSA) is 52.0 Å². The monoisotopic (exact) mass is 290 g/mol. The number of nitrogens with two attached hydrogens (primary N) is 1. The number of halogens is 1. The van der Waals surface area contributed by atoms with E-state index in [0.29, 0.717) is 5.13 Å². The van der Waals surface area contributed by atoms with Crippen LogP contribution in [0.15, 0.2) is 31.6 Å². The van der Waals surface area contributed by atoms with Crippen molar-refractivity contribution in [3.63, 3.8) is 0 Å². The van der Waals surface area contributed by atoms with Gasteiger partial charge in [0.2, 0.25) is 0 Å². The molecule has 0 aromatic carbocycles. The van der Waals surface area contributed by atoms with Crippen molar-refractivity contribution in [3.05, 3.63) is 28.8 Å². The number of thioether (sulfide) groups is 1. The first-order valence-corrected chi connectivity index (χ1v) is 6.42. The summed E-state index contributed by atoms with van der Waals surface area (Å²) in [5, 5.41) is 0.605. The third-order valence-corrected chi connectivity index (χ3v) is 3.96.